The molecule has 0 aliphatic carbocycles. The predicted octanol–water partition coefficient (Wildman–Crippen LogP) is 3.68. The number of benzene rings is 1. The molecule has 0 atom stereocenters. The number of pyridine rings is 1. The first-order valence-corrected chi connectivity index (χ1v) is 9.80. The summed E-state index contributed by atoms with van der Waals surface area (Å²) in [5.41, 5.74) is 1.57. The van der Waals surface area contributed by atoms with E-state index in [0.717, 1.165) is 18.4 Å². The summed E-state index contributed by atoms with van der Waals surface area (Å²) in [6.07, 6.45) is 5.20. The molecule has 28 heavy (non-hydrogen) atoms. The van der Waals surface area contributed by atoms with Crippen molar-refractivity contribution in [1.82, 2.24) is 14.9 Å². The van der Waals surface area contributed by atoms with Gasteiger partial charge in [-0.05, 0) is 23.6 Å². The minimum atomic E-state index is -0.205. The van der Waals surface area contributed by atoms with Crippen LogP contribution in [-0.2, 0) is 11.3 Å². The number of ether oxygens (including phenoxy) is 2. The summed E-state index contributed by atoms with van der Waals surface area (Å²) in [6, 6.07) is 11.8. The summed E-state index contributed by atoms with van der Waals surface area (Å²) in [7, 11) is 0. The fourth-order valence-electron chi connectivity index (χ4n) is 3.32. The van der Waals surface area contributed by atoms with Crippen LogP contribution in [0.15, 0.2) is 48.8 Å². The Labute approximate surface area is 168 Å². The summed E-state index contributed by atoms with van der Waals surface area (Å²) in [6.45, 7) is 2.56. The van der Waals surface area contributed by atoms with Crippen molar-refractivity contribution in [3.8, 4) is 5.88 Å². The van der Waals surface area contributed by atoms with E-state index in [1.54, 1.807) is 6.07 Å². The van der Waals surface area contributed by atoms with E-state index in [1.807, 2.05) is 18.3 Å². The van der Waals surface area contributed by atoms with E-state index in [1.165, 1.54) is 11.6 Å². The number of carbonyl (C=O) groups is 1. The highest BCUT2D eigenvalue weighted by atomic mass is 35.5. The maximum absolute atomic E-state index is 12.4. The molecule has 7 heteroatoms. The van der Waals surface area contributed by atoms with E-state index in [4.69, 9.17) is 21.1 Å². The highest BCUT2D eigenvalue weighted by Gasteiger charge is 2.18. The van der Waals surface area contributed by atoms with Crippen LogP contribution >= 0.6 is 11.6 Å². The first-order valence-electron chi connectivity index (χ1n) is 9.43. The molecule has 0 saturated carbocycles. The van der Waals surface area contributed by atoms with Gasteiger partial charge in [0.05, 0.1) is 18.8 Å². The quantitative estimate of drug-likeness (QED) is 0.686. The molecule has 3 aromatic rings. The van der Waals surface area contributed by atoms with Gasteiger partial charge in [-0.15, -0.1) is 0 Å². The number of para-hydroxylation sites is 1. The van der Waals surface area contributed by atoms with Crippen LogP contribution in [-0.4, -0.2) is 41.3 Å². The Hall–Kier alpha value is -2.57. The molecule has 0 spiro atoms. The summed E-state index contributed by atoms with van der Waals surface area (Å²) in [5, 5.41) is 4.44. The van der Waals surface area contributed by atoms with Crippen molar-refractivity contribution in [3.63, 3.8) is 0 Å². The molecular weight excluding hydrogens is 378 g/mol. The number of hydrogen-bond acceptors (Lipinski definition) is 4. The molecular formula is C21H22ClN3O3. The standard InChI is InChI=1S/C21H22ClN3O3/c22-18-13-16(14-24-21(18)28-17-6-11-27-12-7-17)20(26)23-8-10-25-9-5-15-3-1-2-4-19(15)25/h1-5,9,13-14,17H,6-8,10-12H2,(H,23,26). The Morgan fingerprint density at radius 3 is 2.93 bits per heavy atom. The lowest BCUT2D eigenvalue weighted by atomic mass is 10.1. The zero-order valence-electron chi connectivity index (χ0n) is 15.4. The Morgan fingerprint density at radius 2 is 2.11 bits per heavy atom. The molecule has 3 heterocycles. The van der Waals surface area contributed by atoms with Crippen molar-refractivity contribution in [1.29, 1.82) is 0 Å². The molecule has 1 aromatic carbocycles. The minimum Gasteiger partial charge on any atom is -0.473 e. The van der Waals surface area contributed by atoms with E-state index in [0.29, 0.717) is 42.8 Å². The molecule has 1 aliphatic heterocycles. The average molecular weight is 400 g/mol. The van der Waals surface area contributed by atoms with E-state index < -0.39 is 0 Å². The van der Waals surface area contributed by atoms with Crippen LogP contribution in [0.5, 0.6) is 5.88 Å². The van der Waals surface area contributed by atoms with Gasteiger partial charge >= 0.3 is 0 Å². The number of nitrogens with one attached hydrogen (secondary N) is 1. The number of nitrogens with zero attached hydrogens (tertiary/aromatic N) is 2. The number of aromatic nitrogens is 2. The van der Waals surface area contributed by atoms with E-state index in [2.05, 4.69) is 33.1 Å². The lowest BCUT2D eigenvalue weighted by Gasteiger charge is -2.23. The van der Waals surface area contributed by atoms with Gasteiger partial charge in [0.2, 0.25) is 5.88 Å². The summed E-state index contributed by atoms with van der Waals surface area (Å²) in [5.74, 6) is 0.160. The fourth-order valence-corrected chi connectivity index (χ4v) is 3.53. The van der Waals surface area contributed by atoms with Crippen LogP contribution in [0.25, 0.3) is 10.9 Å². The minimum absolute atomic E-state index is 0.0508. The zero-order chi connectivity index (χ0) is 19.3. The normalized spacial score (nSPS) is 14.9. The van der Waals surface area contributed by atoms with Crippen molar-refractivity contribution in [2.45, 2.75) is 25.5 Å². The number of carbonyl (C=O) groups excluding carboxylic acids is 1. The highest BCUT2D eigenvalue weighted by Crippen LogP contribution is 2.25. The molecule has 1 fully saturated rings. The topological polar surface area (TPSA) is 65.4 Å². The predicted molar refractivity (Wildman–Crippen MR) is 108 cm³/mol. The van der Waals surface area contributed by atoms with Crippen LogP contribution in [0.3, 0.4) is 0 Å². The van der Waals surface area contributed by atoms with Gasteiger partial charge in [0, 0.05) is 43.8 Å². The number of halogens is 1. The van der Waals surface area contributed by atoms with Gasteiger partial charge in [-0.1, -0.05) is 29.8 Å². The molecule has 2 aromatic heterocycles. The van der Waals surface area contributed by atoms with Gasteiger partial charge in [-0.3, -0.25) is 4.79 Å². The third-order valence-electron chi connectivity index (χ3n) is 4.83. The average Bonchev–Trinajstić information content (AvgIpc) is 3.13. The molecule has 1 amide bonds. The van der Waals surface area contributed by atoms with Gasteiger partial charge in [0.15, 0.2) is 0 Å². The Morgan fingerprint density at radius 1 is 1.29 bits per heavy atom. The summed E-state index contributed by atoms with van der Waals surface area (Å²) < 4.78 is 13.3. The van der Waals surface area contributed by atoms with Crippen LogP contribution in [0.4, 0.5) is 0 Å². The number of fused-ring (bicyclic) bond motifs is 1. The largest absolute Gasteiger partial charge is 0.473 e. The maximum atomic E-state index is 12.4. The van der Waals surface area contributed by atoms with Crippen LogP contribution in [0.1, 0.15) is 23.2 Å². The molecule has 0 bridgehead atoms. The number of amides is 1. The molecule has 0 radical (unpaired) electrons. The SMILES string of the molecule is O=C(NCCn1ccc2ccccc21)c1cnc(OC2CCOCC2)c(Cl)c1. The van der Waals surface area contributed by atoms with Crippen LogP contribution in [0.2, 0.25) is 5.02 Å². The van der Waals surface area contributed by atoms with Gasteiger partial charge in [-0.2, -0.15) is 0 Å². The van der Waals surface area contributed by atoms with Gasteiger partial charge in [0.1, 0.15) is 11.1 Å². The molecule has 0 unspecified atom stereocenters. The van der Waals surface area contributed by atoms with Gasteiger partial charge in [-0.25, -0.2) is 4.98 Å². The second-order valence-corrected chi connectivity index (χ2v) is 7.17. The smallest absolute Gasteiger partial charge is 0.252 e. The number of rotatable bonds is 6. The third kappa shape index (κ3) is 4.29. The van der Waals surface area contributed by atoms with Crippen molar-refractivity contribution in [2.75, 3.05) is 19.8 Å². The molecule has 4 rings (SSSR count). The van der Waals surface area contributed by atoms with Crippen molar-refractivity contribution >= 4 is 28.4 Å². The van der Waals surface area contributed by atoms with Crippen LogP contribution < -0.4 is 10.1 Å². The van der Waals surface area contributed by atoms with Gasteiger partial charge < -0.3 is 19.4 Å². The number of hydrogen-bond donors (Lipinski definition) is 1. The van der Waals surface area contributed by atoms with Crippen LogP contribution in [0, 0.1) is 0 Å². The fraction of sp³-hybridized carbons (Fsp3) is 0.333. The maximum Gasteiger partial charge on any atom is 0.252 e. The molecule has 1 N–H and O–H groups in total. The van der Waals surface area contributed by atoms with E-state index in [9.17, 15) is 4.79 Å². The molecule has 146 valence electrons. The second kappa shape index (κ2) is 8.63. The molecule has 1 aliphatic rings. The Bertz CT molecular complexity index is 966. The summed E-state index contributed by atoms with van der Waals surface area (Å²) in [4.78, 5) is 16.6. The monoisotopic (exact) mass is 399 g/mol. The van der Waals surface area contributed by atoms with Gasteiger partial charge in [0.25, 0.3) is 5.91 Å². The lowest BCUT2D eigenvalue weighted by Crippen LogP contribution is -2.28. The van der Waals surface area contributed by atoms with E-state index in [-0.39, 0.29) is 12.0 Å². The molecule has 1 saturated heterocycles. The molecule has 6 nitrogen and oxygen atoms in total. The second-order valence-electron chi connectivity index (χ2n) is 6.76. The first kappa shape index (κ1) is 18.8. The Balaban J connectivity index is 1.33. The summed E-state index contributed by atoms with van der Waals surface area (Å²) >= 11 is 6.27. The zero-order valence-corrected chi connectivity index (χ0v) is 16.2. The first-order chi connectivity index (χ1) is 13.7. The Kier molecular flexibility index (Phi) is 5.78. The van der Waals surface area contributed by atoms with Crippen molar-refractivity contribution in [2.24, 2.45) is 0 Å². The van der Waals surface area contributed by atoms with E-state index >= 15 is 0 Å². The lowest BCUT2D eigenvalue weighted by molar-refractivity contribution is 0.0238. The highest BCUT2D eigenvalue weighted by molar-refractivity contribution is 6.32. The van der Waals surface area contributed by atoms with Crippen molar-refractivity contribution in [3.05, 3.63) is 59.4 Å². The van der Waals surface area contributed by atoms with Crippen molar-refractivity contribution < 1.29 is 14.3 Å². The third-order valence-corrected chi connectivity index (χ3v) is 5.11.